The molecule has 0 amide bonds. The molecular formula is C21H25NOSi. The molecule has 0 heterocycles. The van der Waals surface area contributed by atoms with Gasteiger partial charge in [0.05, 0.1) is 0 Å². The van der Waals surface area contributed by atoms with Gasteiger partial charge >= 0.3 is 0 Å². The van der Waals surface area contributed by atoms with E-state index in [1.54, 1.807) is 0 Å². The molecule has 0 aromatic heterocycles. The second-order valence-electron chi connectivity index (χ2n) is 5.87. The quantitative estimate of drug-likeness (QED) is 0.699. The summed E-state index contributed by atoms with van der Waals surface area (Å²) >= 11 is 0. The van der Waals surface area contributed by atoms with Gasteiger partial charge in [0, 0.05) is 16.2 Å². The average molecular weight is 336 g/mol. The Morgan fingerprint density at radius 3 is 1.46 bits per heavy atom. The highest BCUT2D eigenvalue weighted by atomic mass is 28.1. The van der Waals surface area contributed by atoms with Crippen LogP contribution in [0.3, 0.4) is 0 Å². The van der Waals surface area contributed by atoms with Crippen molar-refractivity contribution in [2.75, 3.05) is 0 Å². The molecular weight excluding hydrogens is 310 g/mol. The van der Waals surface area contributed by atoms with Gasteiger partial charge in [-0.3, -0.25) is 0 Å². The first-order valence-corrected chi connectivity index (χ1v) is 9.56. The van der Waals surface area contributed by atoms with Gasteiger partial charge in [-0.25, -0.2) is 0 Å². The Balaban J connectivity index is 0.00000208. The minimum atomic E-state index is -1.01. The van der Waals surface area contributed by atoms with Crippen LogP contribution in [0, 0.1) is 0 Å². The zero-order chi connectivity index (χ0) is 16.1. The Morgan fingerprint density at radius 1 is 0.708 bits per heavy atom. The van der Waals surface area contributed by atoms with Crippen molar-refractivity contribution in [1.29, 1.82) is 0 Å². The molecule has 0 aliphatic heterocycles. The summed E-state index contributed by atoms with van der Waals surface area (Å²) in [6.07, 6.45) is 0. The lowest BCUT2D eigenvalue weighted by atomic mass is 9.74. The lowest BCUT2D eigenvalue weighted by molar-refractivity contribution is 0.0557. The van der Waals surface area contributed by atoms with Crippen LogP contribution >= 0.6 is 0 Å². The van der Waals surface area contributed by atoms with Crippen LogP contribution in [-0.2, 0) is 5.60 Å². The highest BCUT2D eigenvalue weighted by Gasteiger charge is 2.39. The normalized spacial score (nSPS) is 12.4. The Bertz CT molecular complexity index is 692. The van der Waals surface area contributed by atoms with Gasteiger partial charge in [-0.2, -0.15) is 0 Å². The third-order valence-corrected chi connectivity index (χ3v) is 5.36. The SMILES string of the molecule is N.OC(c1ccccc1)(c1ccccc1)C(C[SiH3])c1ccccc1. The van der Waals surface area contributed by atoms with Crippen LogP contribution in [0.1, 0.15) is 22.6 Å². The molecule has 0 aliphatic rings. The van der Waals surface area contributed by atoms with E-state index in [-0.39, 0.29) is 12.1 Å². The van der Waals surface area contributed by atoms with E-state index in [4.69, 9.17) is 0 Å². The Morgan fingerprint density at radius 2 is 1.08 bits per heavy atom. The topological polar surface area (TPSA) is 55.2 Å². The van der Waals surface area contributed by atoms with Gasteiger partial charge < -0.3 is 11.3 Å². The van der Waals surface area contributed by atoms with Crippen molar-refractivity contribution in [3.63, 3.8) is 0 Å². The molecule has 1 unspecified atom stereocenters. The smallest absolute Gasteiger partial charge is 0.121 e. The molecule has 3 heteroatoms. The van der Waals surface area contributed by atoms with E-state index >= 15 is 0 Å². The number of aliphatic hydroxyl groups is 1. The van der Waals surface area contributed by atoms with Crippen molar-refractivity contribution in [1.82, 2.24) is 6.15 Å². The molecule has 0 aliphatic carbocycles. The van der Waals surface area contributed by atoms with Crippen molar-refractivity contribution < 1.29 is 5.11 Å². The van der Waals surface area contributed by atoms with E-state index in [0.717, 1.165) is 27.4 Å². The summed E-state index contributed by atoms with van der Waals surface area (Å²) in [5.41, 5.74) is 2.09. The fraction of sp³-hybridized carbons (Fsp3) is 0.143. The average Bonchev–Trinajstić information content (AvgIpc) is 2.64. The summed E-state index contributed by atoms with van der Waals surface area (Å²) in [5, 5.41) is 11.9. The van der Waals surface area contributed by atoms with Crippen LogP contribution in [0.2, 0.25) is 6.04 Å². The van der Waals surface area contributed by atoms with E-state index in [0.29, 0.717) is 0 Å². The number of hydrogen-bond donors (Lipinski definition) is 2. The molecule has 0 fully saturated rings. The van der Waals surface area contributed by atoms with Crippen LogP contribution in [0.15, 0.2) is 91.0 Å². The molecule has 0 saturated heterocycles. The maximum atomic E-state index is 11.9. The predicted molar refractivity (Wildman–Crippen MR) is 105 cm³/mol. The summed E-state index contributed by atoms with van der Waals surface area (Å²) in [6, 6.07) is 31.5. The highest BCUT2D eigenvalue weighted by molar-refractivity contribution is 6.09. The third-order valence-electron chi connectivity index (χ3n) is 4.54. The maximum absolute atomic E-state index is 11.9. The summed E-state index contributed by atoms with van der Waals surface area (Å²) in [4.78, 5) is 0. The second kappa shape index (κ2) is 8.06. The molecule has 0 bridgehead atoms. The Kier molecular flexibility index (Phi) is 6.09. The molecule has 24 heavy (non-hydrogen) atoms. The molecule has 124 valence electrons. The summed E-state index contributed by atoms with van der Waals surface area (Å²) in [5.74, 6) is 0.0557. The van der Waals surface area contributed by atoms with Crippen LogP contribution in [0.5, 0.6) is 0 Å². The molecule has 0 radical (unpaired) electrons. The van der Waals surface area contributed by atoms with Gasteiger partial charge in [-0.15, -0.1) is 0 Å². The Hall–Kier alpha value is -2.20. The van der Waals surface area contributed by atoms with E-state index in [9.17, 15) is 5.11 Å². The fourth-order valence-electron chi connectivity index (χ4n) is 3.41. The maximum Gasteiger partial charge on any atom is 0.121 e. The van der Waals surface area contributed by atoms with Crippen molar-refractivity contribution in [3.8, 4) is 0 Å². The minimum absolute atomic E-state index is 0. The molecule has 0 saturated carbocycles. The standard InChI is InChI=1S/C21H22OSi.H3N/c22-21(18-12-6-2-7-13-18,19-14-8-3-9-15-19)20(16-23)17-10-4-1-5-11-17;/h1-15,20,22H,16H2,23H3;1H3. The van der Waals surface area contributed by atoms with Gasteiger partial charge in [0.1, 0.15) is 5.60 Å². The van der Waals surface area contributed by atoms with Gasteiger partial charge in [-0.1, -0.05) is 97.0 Å². The van der Waals surface area contributed by atoms with Crippen molar-refractivity contribution in [2.45, 2.75) is 17.6 Å². The first-order valence-electron chi connectivity index (χ1n) is 8.15. The zero-order valence-corrected chi connectivity index (χ0v) is 16.1. The predicted octanol–water partition coefficient (Wildman–Crippen LogP) is 3.65. The first-order chi connectivity index (χ1) is 11.3. The third kappa shape index (κ3) is 3.34. The van der Waals surface area contributed by atoms with E-state index in [1.165, 1.54) is 5.56 Å². The molecule has 3 aromatic rings. The summed E-state index contributed by atoms with van der Waals surface area (Å²) < 4.78 is 0. The van der Waals surface area contributed by atoms with Gasteiger partial charge in [-0.05, 0) is 16.7 Å². The molecule has 0 spiro atoms. The molecule has 4 N–H and O–H groups in total. The molecule has 3 aromatic carbocycles. The monoisotopic (exact) mass is 335 g/mol. The van der Waals surface area contributed by atoms with Gasteiger partial charge in [0.15, 0.2) is 0 Å². The largest absolute Gasteiger partial charge is 0.380 e. The number of rotatable bonds is 5. The van der Waals surface area contributed by atoms with Crippen molar-refractivity contribution in [3.05, 3.63) is 108 Å². The van der Waals surface area contributed by atoms with Crippen LogP contribution in [0.4, 0.5) is 0 Å². The fourth-order valence-corrected chi connectivity index (χ4v) is 4.47. The van der Waals surface area contributed by atoms with E-state index in [1.807, 2.05) is 66.7 Å². The first kappa shape index (κ1) is 18.1. The lowest BCUT2D eigenvalue weighted by Crippen LogP contribution is -2.35. The lowest BCUT2D eigenvalue weighted by Gasteiger charge is -2.37. The number of hydrogen-bond acceptors (Lipinski definition) is 2. The highest BCUT2D eigenvalue weighted by Crippen LogP contribution is 2.44. The second-order valence-corrected chi connectivity index (χ2v) is 6.69. The van der Waals surface area contributed by atoms with E-state index in [2.05, 4.69) is 24.3 Å². The van der Waals surface area contributed by atoms with Crippen LogP contribution in [-0.4, -0.2) is 15.3 Å². The minimum Gasteiger partial charge on any atom is -0.380 e. The van der Waals surface area contributed by atoms with Crippen LogP contribution in [0.25, 0.3) is 0 Å². The van der Waals surface area contributed by atoms with Crippen LogP contribution < -0.4 is 6.15 Å². The molecule has 1 atom stereocenters. The molecule has 2 nitrogen and oxygen atoms in total. The van der Waals surface area contributed by atoms with Crippen molar-refractivity contribution in [2.24, 2.45) is 0 Å². The zero-order valence-electron chi connectivity index (χ0n) is 14.1. The molecule has 3 rings (SSSR count). The Labute approximate surface area is 147 Å². The van der Waals surface area contributed by atoms with Gasteiger partial charge in [0.2, 0.25) is 0 Å². The van der Waals surface area contributed by atoms with Gasteiger partial charge in [0.25, 0.3) is 0 Å². The number of benzene rings is 3. The summed E-state index contributed by atoms with van der Waals surface area (Å²) in [7, 11) is 1.03. The summed E-state index contributed by atoms with van der Waals surface area (Å²) in [6.45, 7) is 0. The van der Waals surface area contributed by atoms with Crippen molar-refractivity contribution >= 4 is 10.2 Å². The van der Waals surface area contributed by atoms with E-state index < -0.39 is 5.60 Å².